The second-order valence-electron chi connectivity index (χ2n) is 5.11. The second kappa shape index (κ2) is 9.11. The van der Waals surface area contributed by atoms with Crippen molar-refractivity contribution in [3.63, 3.8) is 0 Å². The van der Waals surface area contributed by atoms with Crippen LogP contribution in [0.1, 0.15) is 32.3 Å². The Hall–Kier alpha value is -1.86. The Labute approximate surface area is 121 Å². The summed E-state index contributed by atoms with van der Waals surface area (Å²) in [5.41, 5.74) is 1.05. The van der Waals surface area contributed by atoms with Gasteiger partial charge in [0.05, 0.1) is 6.07 Å². The summed E-state index contributed by atoms with van der Waals surface area (Å²) >= 11 is 0. The first kappa shape index (κ1) is 16.2. The maximum Gasteiger partial charge on any atom is 0.223 e. The zero-order valence-corrected chi connectivity index (χ0v) is 12.3. The number of carbonyl (C=O) groups is 1. The van der Waals surface area contributed by atoms with Gasteiger partial charge in [0.1, 0.15) is 6.54 Å². The van der Waals surface area contributed by atoms with Gasteiger partial charge in [0.2, 0.25) is 5.91 Å². The van der Waals surface area contributed by atoms with Crippen molar-refractivity contribution in [1.29, 1.82) is 5.26 Å². The molecule has 1 rings (SSSR count). The molecule has 1 amide bonds. The number of nitrogens with zero attached hydrogens (tertiary/aromatic N) is 2. The van der Waals surface area contributed by atoms with E-state index in [0.717, 1.165) is 18.5 Å². The van der Waals surface area contributed by atoms with Gasteiger partial charge in [0, 0.05) is 19.0 Å². The van der Waals surface area contributed by atoms with Crippen LogP contribution in [0.15, 0.2) is 30.3 Å². The van der Waals surface area contributed by atoms with E-state index < -0.39 is 0 Å². The summed E-state index contributed by atoms with van der Waals surface area (Å²) in [7, 11) is 0. The summed E-state index contributed by atoms with van der Waals surface area (Å²) in [6.07, 6.45) is 1.28. The second-order valence-corrected chi connectivity index (χ2v) is 5.11. The number of rotatable bonds is 8. The minimum atomic E-state index is 0.0426. The fraction of sp³-hybridized carbons (Fsp3) is 0.500. The van der Waals surface area contributed by atoms with Gasteiger partial charge >= 0.3 is 0 Å². The Kier molecular flexibility index (Phi) is 7.38. The summed E-state index contributed by atoms with van der Waals surface area (Å²) in [6, 6.07) is 12.3. The highest BCUT2D eigenvalue weighted by molar-refractivity contribution is 5.76. The van der Waals surface area contributed by atoms with Gasteiger partial charge in [-0.15, -0.1) is 0 Å². The molecule has 108 valence electrons. The molecule has 0 aliphatic carbocycles. The fourth-order valence-corrected chi connectivity index (χ4v) is 1.91. The van der Waals surface area contributed by atoms with Crippen molar-refractivity contribution >= 4 is 5.91 Å². The molecule has 0 aromatic heterocycles. The molecule has 0 saturated heterocycles. The summed E-state index contributed by atoms with van der Waals surface area (Å²) in [5, 5.41) is 12.1. The van der Waals surface area contributed by atoms with Crippen LogP contribution in [0.2, 0.25) is 0 Å². The lowest BCUT2D eigenvalue weighted by atomic mass is 10.2. The van der Waals surface area contributed by atoms with Crippen LogP contribution in [-0.4, -0.2) is 29.9 Å². The molecule has 0 bridgehead atoms. The smallest absolute Gasteiger partial charge is 0.223 e. The lowest BCUT2D eigenvalue weighted by molar-refractivity contribution is -0.131. The first-order valence-corrected chi connectivity index (χ1v) is 7.05. The quantitative estimate of drug-likeness (QED) is 0.584. The van der Waals surface area contributed by atoms with Gasteiger partial charge in [-0.25, -0.2) is 0 Å². The Bertz CT molecular complexity index is 437. The van der Waals surface area contributed by atoms with Crippen molar-refractivity contribution in [2.75, 3.05) is 13.1 Å². The van der Waals surface area contributed by atoms with Gasteiger partial charge in [-0.1, -0.05) is 44.2 Å². The third-order valence-corrected chi connectivity index (χ3v) is 2.95. The fourth-order valence-electron chi connectivity index (χ4n) is 1.91. The van der Waals surface area contributed by atoms with Crippen LogP contribution in [0.5, 0.6) is 0 Å². The molecule has 0 aliphatic rings. The topological polar surface area (TPSA) is 56.1 Å². The molecule has 1 N–H and O–H groups in total. The van der Waals surface area contributed by atoms with Crippen LogP contribution in [-0.2, 0) is 11.3 Å². The minimum absolute atomic E-state index is 0.0426. The predicted octanol–water partition coefficient (Wildman–Crippen LogP) is 2.32. The highest BCUT2D eigenvalue weighted by Crippen LogP contribution is 2.06. The van der Waals surface area contributed by atoms with E-state index in [1.54, 1.807) is 4.90 Å². The van der Waals surface area contributed by atoms with Crippen molar-refractivity contribution in [2.24, 2.45) is 0 Å². The largest absolute Gasteiger partial charge is 0.325 e. The molecule has 0 radical (unpaired) electrons. The number of benzene rings is 1. The molecule has 0 saturated carbocycles. The van der Waals surface area contributed by atoms with E-state index in [-0.39, 0.29) is 12.5 Å². The molecular formula is C16H23N3O. The Morgan fingerprint density at radius 2 is 2.05 bits per heavy atom. The van der Waals surface area contributed by atoms with Gasteiger partial charge in [-0.2, -0.15) is 5.26 Å². The molecule has 20 heavy (non-hydrogen) atoms. The zero-order valence-electron chi connectivity index (χ0n) is 12.3. The van der Waals surface area contributed by atoms with E-state index in [9.17, 15) is 4.79 Å². The number of amides is 1. The highest BCUT2D eigenvalue weighted by Gasteiger charge is 2.13. The molecule has 0 aliphatic heterocycles. The van der Waals surface area contributed by atoms with Crippen LogP contribution >= 0.6 is 0 Å². The zero-order chi connectivity index (χ0) is 14.8. The number of carbonyl (C=O) groups excluding carboxylic acids is 1. The van der Waals surface area contributed by atoms with E-state index >= 15 is 0 Å². The minimum Gasteiger partial charge on any atom is -0.325 e. The Morgan fingerprint density at radius 3 is 2.65 bits per heavy atom. The number of hydrogen-bond donors (Lipinski definition) is 1. The number of nitrogens with one attached hydrogen (secondary N) is 1. The van der Waals surface area contributed by atoms with E-state index in [0.29, 0.717) is 19.0 Å². The van der Waals surface area contributed by atoms with Gasteiger partial charge in [-0.05, 0) is 18.5 Å². The number of hydrogen-bond acceptors (Lipinski definition) is 3. The maximum absolute atomic E-state index is 12.1. The van der Waals surface area contributed by atoms with E-state index in [2.05, 4.69) is 25.2 Å². The molecule has 0 fully saturated rings. The molecular weight excluding hydrogens is 250 g/mol. The predicted molar refractivity (Wildman–Crippen MR) is 79.8 cm³/mol. The average molecular weight is 273 g/mol. The average Bonchev–Trinajstić information content (AvgIpc) is 2.44. The third-order valence-electron chi connectivity index (χ3n) is 2.95. The van der Waals surface area contributed by atoms with E-state index in [1.165, 1.54) is 0 Å². The van der Waals surface area contributed by atoms with Crippen molar-refractivity contribution in [3.8, 4) is 6.07 Å². The summed E-state index contributed by atoms with van der Waals surface area (Å²) < 4.78 is 0. The van der Waals surface area contributed by atoms with Crippen molar-refractivity contribution in [1.82, 2.24) is 10.2 Å². The first-order chi connectivity index (χ1) is 9.63. The van der Waals surface area contributed by atoms with Gasteiger partial charge in [-0.3, -0.25) is 4.79 Å². The summed E-state index contributed by atoms with van der Waals surface area (Å²) in [5.74, 6) is 0.0426. The lowest BCUT2D eigenvalue weighted by Gasteiger charge is -2.20. The van der Waals surface area contributed by atoms with Gasteiger partial charge in [0.15, 0.2) is 0 Å². The first-order valence-electron chi connectivity index (χ1n) is 7.05. The van der Waals surface area contributed by atoms with Crippen molar-refractivity contribution in [3.05, 3.63) is 35.9 Å². The molecule has 0 atom stereocenters. The molecule has 4 heteroatoms. The highest BCUT2D eigenvalue weighted by atomic mass is 16.2. The van der Waals surface area contributed by atoms with Crippen LogP contribution in [0.4, 0.5) is 0 Å². The Morgan fingerprint density at radius 1 is 1.35 bits per heavy atom. The van der Waals surface area contributed by atoms with Gasteiger partial charge in [0.25, 0.3) is 0 Å². The summed E-state index contributed by atoms with van der Waals surface area (Å²) in [6.45, 7) is 5.64. The lowest BCUT2D eigenvalue weighted by Crippen LogP contribution is -2.32. The van der Waals surface area contributed by atoms with Crippen LogP contribution in [0.3, 0.4) is 0 Å². The molecule has 0 unspecified atom stereocenters. The summed E-state index contributed by atoms with van der Waals surface area (Å²) in [4.78, 5) is 13.7. The monoisotopic (exact) mass is 273 g/mol. The standard InChI is InChI=1S/C16H23N3O/c1-14(2)18-11-6-9-16(20)19(12-10-17)13-15-7-4-3-5-8-15/h3-5,7-8,14,18H,6,9,11-13H2,1-2H3. The molecule has 1 aromatic carbocycles. The maximum atomic E-state index is 12.1. The van der Waals surface area contributed by atoms with Crippen LogP contribution < -0.4 is 5.32 Å². The number of nitriles is 1. The van der Waals surface area contributed by atoms with Crippen LogP contribution in [0.25, 0.3) is 0 Å². The van der Waals surface area contributed by atoms with Crippen LogP contribution in [0, 0.1) is 11.3 Å². The van der Waals surface area contributed by atoms with E-state index in [4.69, 9.17) is 5.26 Å². The molecule has 4 nitrogen and oxygen atoms in total. The normalized spacial score (nSPS) is 10.3. The molecule has 0 heterocycles. The molecule has 1 aromatic rings. The van der Waals surface area contributed by atoms with Crippen molar-refractivity contribution in [2.45, 2.75) is 39.3 Å². The van der Waals surface area contributed by atoms with Crippen molar-refractivity contribution < 1.29 is 4.79 Å². The SMILES string of the molecule is CC(C)NCCCC(=O)N(CC#N)Cc1ccccc1. The molecule has 0 spiro atoms. The van der Waals surface area contributed by atoms with E-state index in [1.807, 2.05) is 30.3 Å². The van der Waals surface area contributed by atoms with Gasteiger partial charge < -0.3 is 10.2 Å². The Balaban J connectivity index is 2.45. The third kappa shape index (κ3) is 6.35.